The van der Waals surface area contributed by atoms with E-state index in [-0.39, 0.29) is 11.6 Å². The van der Waals surface area contributed by atoms with E-state index in [1.807, 2.05) is 99.0 Å². The summed E-state index contributed by atoms with van der Waals surface area (Å²) in [5.41, 5.74) is 3.65. The van der Waals surface area contributed by atoms with E-state index in [1.54, 1.807) is 10.7 Å². The normalized spacial score (nSPS) is 10.6. The molecule has 0 saturated carbocycles. The first kappa shape index (κ1) is 24.7. The van der Waals surface area contributed by atoms with Gasteiger partial charge in [-0.15, -0.1) is 5.10 Å². The number of nitrogens with zero attached hydrogens (tertiary/aromatic N) is 6. The zero-order valence-electron chi connectivity index (χ0n) is 20.9. The molecule has 5 aromatic rings. The Labute approximate surface area is 199 Å². The molecule has 0 bridgehead atoms. The van der Waals surface area contributed by atoms with Crippen LogP contribution >= 0.6 is 0 Å². The summed E-state index contributed by atoms with van der Waals surface area (Å²) in [7, 11) is 1.86. The van der Waals surface area contributed by atoms with Crippen LogP contribution in [0.2, 0.25) is 0 Å². The van der Waals surface area contributed by atoms with Gasteiger partial charge in [0, 0.05) is 49.0 Å². The van der Waals surface area contributed by atoms with Gasteiger partial charge in [0.2, 0.25) is 0 Å². The first-order valence-electron chi connectivity index (χ1n) is 11.8. The summed E-state index contributed by atoms with van der Waals surface area (Å²) >= 11 is 0. The smallest absolute Gasteiger partial charge is 0.276 e. The molecule has 1 N–H and O–H groups in total. The van der Waals surface area contributed by atoms with E-state index in [4.69, 9.17) is 5.10 Å². The first-order chi connectivity index (χ1) is 16.5. The van der Waals surface area contributed by atoms with Gasteiger partial charge in [-0.1, -0.05) is 58.0 Å². The number of nitrogens with one attached hydrogen (secondary N) is 1. The molecule has 0 saturated heterocycles. The van der Waals surface area contributed by atoms with Crippen molar-refractivity contribution in [3.8, 4) is 34.0 Å². The third-order valence-corrected chi connectivity index (χ3v) is 5.15. The topological polar surface area (TPSA) is 85.8 Å². The maximum Gasteiger partial charge on any atom is 0.276 e. The van der Waals surface area contributed by atoms with Crippen LogP contribution in [0.4, 0.5) is 0 Å². The molecular weight excluding hydrogens is 426 g/mol. The van der Waals surface area contributed by atoms with Crippen LogP contribution in [-0.2, 0) is 7.05 Å². The average Bonchev–Trinajstić information content (AvgIpc) is 3.60. The van der Waals surface area contributed by atoms with Crippen LogP contribution in [-0.4, -0.2) is 33.9 Å². The van der Waals surface area contributed by atoms with Gasteiger partial charge >= 0.3 is 0 Å². The quantitative estimate of drug-likeness (QED) is 0.380. The zero-order valence-corrected chi connectivity index (χ0v) is 20.9. The van der Waals surface area contributed by atoms with Gasteiger partial charge in [0.1, 0.15) is 5.52 Å². The van der Waals surface area contributed by atoms with Gasteiger partial charge in [-0.2, -0.15) is 5.10 Å². The Morgan fingerprint density at radius 3 is 2.24 bits per heavy atom. The van der Waals surface area contributed by atoms with Crippen molar-refractivity contribution in [3.63, 3.8) is 0 Å². The van der Waals surface area contributed by atoms with Gasteiger partial charge in [-0.05, 0) is 25.5 Å². The van der Waals surface area contributed by atoms with E-state index >= 15 is 0 Å². The van der Waals surface area contributed by atoms with Crippen molar-refractivity contribution in [2.75, 3.05) is 0 Å². The molecule has 34 heavy (non-hydrogen) atoms. The molecule has 0 atom stereocenters. The Balaban J connectivity index is 0.000000771. The molecule has 0 aliphatic rings. The van der Waals surface area contributed by atoms with Gasteiger partial charge in [0.05, 0.1) is 5.69 Å². The monoisotopic (exact) mass is 459 g/mol. The molecule has 4 heterocycles. The number of aryl methyl sites for hydroxylation is 1. The predicted molar refractivity (Wildman–Crippen MR) is 138 cm³/mol. The van der Waals surface area contributed by atoms with Gasteiger partial charge in [0.25, 0.3) is 5.56 Å². The standard InChI is InChI=1S/C22H21N7O.2C2H6/c1-14(2)28-11-9-17(25-28)16-13-29-19(18(16)15-7-5-4-6-8-15)22(30)24-20(26-29)21-23-10-12-27(21)3;2*1-2/h4-14H,1-3H3,(H,24,26,30);2*1-2H3. The number of hydrogen-bond acceptors (Lipinski definition) is 4. The number of benzene rings is 1. The SMILES string of the molecule is CC.CC.CC(C)n1ccc(-c2cn3nc(-c4nccn4C)[nH]c(=O)c3c2-c2ccccc2)n1. The summed E-state index contributed by atoms with van der Waals surface area (Å²) in [6, 6.07) is 12.1. The van der Waals surface area contributed by atoms with Crippen LogP contribution in [0.1, 0.15) is 47.6 Å². The third-order valence-electron chi connectivity index (χ3n) is 5.15. The molecule has 5 rings (SSSR count). The van der Waals surface area contributed by atoms with Crippen molar-refractivity contribution in [2.45, 2.75) is 47.6 Å². The second kappa shape index (κ2) is 10.8. The van der Waals surface area contributed by atoms with Crippen LogP contribution in [0, 0.1) is 0 Å². The molecular formula is C26H33N7O. The van der Waals surface area contributed by atoms with Gasteiger partial charge < -0.3 is 9.55 Å². The Bertz CT molecular complexity index is 1400. The lowest BCUT2D eigenvalue weighted by Crippen LogP contribution is -2.15. The minimum absolute atomic E-state index is 0.226. The number of H-pyrrole nitrogens is 1. The number of fused-ring (bicyclic) bond motifs is 1. The zero-order chi connectivity index (χ0) is 24.8. The summed E-state index contributed by atoms with van der Waals surface area (Å²) in [5.74, 6) is 1.00. The highest BCUT2D eigenvalue weighted by Gasteiger charge is 2.21. The molecule has 0 aliphatic heterocycles. The maximum absolute atomic E-state index is 13.2. The van der Waals surface area contributed by atoms with Crippen molar-refractivity contribution >= 4 is 5.52 Å². The summed E-state index contributed by atoms with van der Waals surface area (Å²) in [5, 5.41) is 9.38. The number of imidazole rings is 1. The summed E-state index contributed by atoms with van der Waals surface area (Å²) in [4.78, 5) is 20.4. The number of hydrogen-bond donors (Lipinski definition) is 1. The summed E-state index contributed by atoms with van der Waals surface area (Å²) in [6.07, 6.45) is 7.31. The van der Waals surface area contributed by atoms with Crippen LogP contribution in [0.15, 0.2) is 66.0 Å². The van der Waals surface area contributed by atoms with Crippen LogP contribution in [0.3, 0.4) is 0 Å². The lowest BCUT2D eigenvalue weighted by atomic mass is 10.0. The van der Waals surface area contributed by atoms with Crippen LogP contribution < -0.4 is 5.56 Å². The van der Waals surface area contributed by atoms with E-state index in [0.29, 0.717) is 17.2 Å². The van der Waals surface area contributed by atoms with Crippen molar-refractivity contribution in [2.24, 2.45) is 7.05 Å². The third kappa shape index (κ3) is 4.57. The molecule has 4 aromatic heterocycles. The highest BCUT2D eigenvalue weighted by molar-refractivity contribution is 5.93. The van der Waals surface area contributed by atoms with E-state index < -0.39 is 0 Å². The van der Waals surface area contributed by atoms with E-state index in [2.05, 4.69) is 28.9 Å². The molecule has 0 radical (unpaired) electrons. The highest BCUT2D eigenvalue weighted by atomic mass is 16.1. The molecule has 0 spiro atoms. The minimum atomic E-state index is -0.226. The molecule has 0 fully saturated rings. The van der Waals surface area contributed by atoms with Crippen LogP contribution in [0.25, 0.3) is 39.5 Å². The molecule has 0 amide bonds. The van der Waals surface area contributed by atoms with Crippen molar-refractivity contribution < 1.29 is 0 Å². The molecule has 8 nitrogen and oxygen atoms in total. The first-order valence-corrected chi connectivity index (χ1v) is 11.8. The molecule has 0 unspecified atom stereocenters. The summed E-state index contributed by atoms with van der Waals surface area (Å²) < 4.78 is 5.36. The lowest BCUT2D eigenvalue weighted by Gasteiger charge is -2.05. The largest absolute Gasteiger partial charge is 0.331 e. The minimum Gasteiger partial charge on any atom is -0.331 e. The van der Waals surface area contributed by atoms with E-state index in [9.17, 15) is 4.79 Å². The Morgan fingerprint density at radius 1 is 0.941 bits per heavy atom. The van der Waals surface area contributed by atoms with Crippen LogP contribution in [0.5, 0.6) is 0 Å². The average molecular weight is 460 g/mol. The fourth-order valence-corrected chi connectivity index (χ4v) is 3.64. The van der Waals surface area contributed by atoms with Gasteiger partial charge in [-0.25, -0.2) is 9.50 Å². The summed E-state index contributed by atoms with van der Waals surface area (Å²) in [6.45, 7) is 12.2. The van der Waals surface area contributed by atoms with Crippen molar-refractivity contribution in [1.29, 1.82) is 0 Å². The maximum atomic E-state index is 13.2. The van der Waals surface area contributed by atoms with Gasteiger partial charge in [-0.3, -0.25) is 9.48 Å². The van der Waals surface area contributed by atoms with Crippen molar-refractivity contribution in [3.05, 3.63) is 71.5 Å². The molecule has 178 valence electrons. The second-order valence-corrected chi connectivity index (χ2v) is 7.52. The molecule has 8 heteroatoms. The van der Waals surface area contributed by atoms with E-state index in [1.165, 1.54) is 0 Å². The number of rotatable bonds is 4. The lowest BCUT2D eigenvalue weighted by molar-refractivity contribution is 0.534. The Morgan fingerprint density at radius 2 is 1.65 bits per heavy atom. The second-order valence-electron chi connectivity index (χ2n) is 7.52. The fourth-order valence-electron chi connectivity index (χ4n) is 3.64. The van der Waals surface area contributed by atoms with Gasteiger partial charge in [0.15, 0.2) is 11.6 Å². The van der Waals surface area contributed by atoms with E-state index in [0.717, 1.165) is 22.4 Å². The fraction of sp³-hybridized carbons (Fsp3) is 0.308. The highest BCUT2D eigenvalue weighted by Crippen LogP contribution is 2.35. The number of aromatic nitrogens is 7. The molecule has 0 aliphatic carbocycles. The van der Waals surface area contributed by atoms with Crippen molar-refractivity contribution in [1.82, 2.24) is 33.9 Å². The Kier molecular flexibility index (Phi) is 7.83. The Hall–Kier alpha value is -3.94. The molecule has 1 aromatic carbocycles. The predicted octanol–water partition coefficient (Wildman–Crippen LogP) is 5.59. The number of aromatic amines is 1.